The molecular formula is C12H17NO. The highest BCUT2D eigenvalue weighted by Crippen LogP contribution is 2.23. The van der Waals surface area contributed by atoms with Crippen molar-refractivity contribution in [3.63, 3.8) is 0 Å². The number of ketones is 1. The largest absolute Gasteiger partial charge is 0.313 e. The molecule has 0 spiro atoms. The van der Waals surface area contributed by atoms with Crippen molar-refractivity contribution in [2.24, 2.45) is 5.92 Å². The third-order valence-electron chi connectivity index (χ3n) is 3.02. The molecule has 1 unspecified atom stereocenters. The molecule has 1 atom stereocenters. The summed E-state index contributed by atoms with van der Waals surface area (Å²) >= 11 is 0. The van der Waals surface area contributed by atoms with Gasteiger partial charge >= 0.3 is 0 Å². The zero-order valence-electron chi connectivity index (χ0n) is 8.46. The molecule has 1 heterocycles. The first-order valence-electron chi connectivity index (χ1n) is 5.47. The van der Waals surface area contributed by atoms with E-state index in [1.807, 2.05) is 0 Å². The van der Waals surface area contributed by atoms with E-state index in [9.17, 15) is 4.79 Å². The van der Waals surface area contributed by atoms with Crippen molar-refractivity contribution in [2.45, 2.75) is 25.7 Å². The molecule has 0 radical (unpaired) electrons. The summed E-state index contributed by atoms with van der Waals surface area (Å²) in [6.07, 6.45) is 10.4. The molecule has 2 heteroatoms. The summed E-state index contributed by atoms with van der Waals surface area (Å²) in [7, 11) is 0. The molecule has 76 valence electrons. The van der Waals surface area contributed by atoms with E-state index in [-0.39, 0.29) is 5.92 Å². The van der Waals surface area contributed by atoms with E-state index >= 15 is 0 Å². The molecule has 1 N–H and O–H groups in total. The van der Waals surface area contributed by atoms with E-state index < -0.39 is 0 Å². The first kappa shape index (κ1) is 9.66. The lowest BCUT2D eigenvalue weighted by Gasteiger charge is -2.20. The maximum atomic E-state index is 12.0. The first-order valence-corrected chi connectivity index (χ1v) is 5.47. The van der Waals surface area contributed by atoms with Crippen LogP contribution >= 0.6 is 0 Å². The lowest BCUT2D eigenvalue weighted by molar-refractivity contribution is -0.119. The van der Waals surface area contributed by atoms with Crippen molar-refractivity contribution >= 4 is 5.78 Å². The van der Waals surface area contributed by atoms with Crippen LogP contribution < -0.4 is 5.32 Å². The fourth-order valence-electron chi connectivity index (χ4n) is 2.14. The monoisotopic (exact) mass is 191 g/mol. The van der Waals surface area contributed by atoms with Crippen molar-refractivity contribution < 1.29 is 4.79 Å². The Labute approximate surface area is 85.1 Å². The Kier molecular flexibility index (Phi) is 3.14. The van der Waals surface area contributed by atoms with Crippen LogP contribution in [0.1, 0.15) is 25.7 Å². The van der Waals surface area contributed by atoms with Gasteiger partial charge in [0.15, 0.2) is 5.78 Å². The molecule has 0 fully saturated rings. The Morgan fingerprint density at radius 2 is 2.36 bits per heavy atom. The van der Waals surface area contributed by atoms with Crippen LogP contribution in [0.3, 0.4) is 0 Å². The number of hydrogen-bond donors (Lipinski definition) is 1. The van der Waals surface area contributed by atoms with Crippen molar-refractivity contribution in [1.29, 1.82) is 0 Å². The highest BCUT2D eigenvalue weighted by molar-refractivity contribution is 5.97. The minimum Gasteiger partial charge on any atom is -0.313 e. The fourth-order valence-corrected chi connectivity index (χ4v) is 2.14. The van der Waals surface area contributed by atoms with Crippen LogP contribution in [-0.4, -0.2) is 18.9 Å². The van der Waals surface area contributed by atoms with Crippen LogP contribution in [-0.2, 0) is 4.79 Å². The van der Waals surface area contributed by atoms with Crippen LogP contribution in [0, 0.1) is 5.92 Å². The minimum atomic E-state index is 0.268. The average molecular weight is 191 g/mol. The van der Waals surface area contributed by atoms with E-state index in [0.717, 1.165) is 44.3 Å². The SMILES string of the molecule is O=C(C1=CCNCC1)C1CC=CCC1. The lowest BCUT2D eigenvalue weighted by atomic mass is 9.85. The molecule has 0 saturated carbocycles. The normalized spacial score (nSPS) is 27.1. The predicted octanol–water partition coefficient (Wildman–Crippen LogP) is 1.83. The van der Waals surface area contributed by atoms with Gasteiger partial charge in [-0.25, -0.2) is 0 Å². The number of nitrogens with one attached hydrogen (secondary N) is 1. The van der Waals surface area contributed by atoms with Gasteiger partial charge in [-0.2, -0.15) is 0 Å². The second-order valence-corrected chi connectivity index (χ2v) is 4.03. The lowest BCUT2D eigenvalue weighted by Crippen LogP contribution is -2.26. The van der Waals surface area contributed by atoms with Gasteiger partial charge in [0.1, 0.15) is 0 Å². The third-order valence-corrected chi connectivity index (χ3v) is 3.02. The zero-order chi connectivity index (χ0) is 9.80. The molecule has 2 nitrogen and oxygen atoms in total. The molecule has 1 aliphatic heterocycles. The molecule has 0 bridgehead atoms. The van der Waals surface area contributed by atoms with Crippen molar-refractivity contribution in [1.82, 2.24) is 5.32 Å². The molecule has 0 aromatic rings. The molecule has 0 saturated heterocycles. The van der Waals surface area contributed by atoms with E-state index in [1.165, 1.54) is 0 Å². The van der Waals surface area contributed by atoms with Crippen LogP contribution in [0.15, 0.2) is 23.8 Å². The Bertz CT molecular complexity index is 278. The van der Waals surface area contributed by atoms with Crippen molar-refractivity contribution in [3.05, 3.63) is 23.8 Å². The van der Waals surface area contributed by atoms with Crippen LogP contribution in [0.2, 0.25) is 0 Å². The Morgan fingerprint density at radius 1 is 1.43 bits per heavy atom. The molecule has 14 heavy (non-hydrogen) atoms. The number of rotatable bonds is 2. The Morgan fingerprint density at radius 3 is 3.00 bits per heavy atom. The summed E-state index contributed by atoms with van der Waals surface area (Å²) in [5.74, 6) is 0.667. The number of Topliss-reactive ketones (excluding diaryl/α,β-unsaturated/α-hetero) is 1. The summed E-state index contributed by atoms with van der Waals surface area (Å²) in [6, 6.07) is 0. The van der Waals surface area contributed by atoms with Gasteiger partial charge in [-0.05, 0) is 37.8 Å². The van der Waals surface area contributed by atoms with Gasteiger partial charge in [-0.1, -0.05) is 18.2 Å². The van der Waals surface area contributed by atoms with Crippen molar-refractivity contribution in [3.8, 4) is 0 Å². The molecule has 0 aromatic heterocycles. The van der Waals surface area contributed by atoms with Gasteiger partial charge in [0.25, 0.3) is 0 Å². The summed E-state index contributed by atoms with van der Waals surface area (Å²) in [5.41, 5.74) is 1.06. The summed E-state index contributed by atoms with van der Waals surface area (Å²) in [4.78, 5) is 12.0. The van der Waals surface area contributed by atoms with Gasteiger partial charge < -0.3 is 5.32 Å². The molecule has 2 aliphatic rings. The summed E-state index contributed by atoms with van der Waals surface area (Å²) in [5, 5.41) is 3.23. The fraction of sp³-hybridized carbons (Fsp3) is 0.583. The van der Waals surface area contributed by atoms with Gasteiger partial charge in [0.2, 0.25) is 0 Å². The topological polar surface area (TPSA) is 29.1 Å². The van der Waals surface area contributed by atoms with E-state index in [0.29, 0.717) is 5.78 Å². The van der Waals surface area contributed by atoms with E-state index in [4.69, 9.17) is 0 Å². The van der Waals surface area contributed by atoms with Crippen molar-refractivity contribution in [2.75, 3.05) is 13.1 Å². The standard InChI is InChI=1S/C12H17NO/c14-12(10-4-2-1-3-5-10)11-6-8-13-9-7-11/h1-2,6,10,13H,3-5,7-9H2. The predicted molar refractivity (Wildman–Crippen MR) is 57.1 cm³/mol. The molecule has 0 aromatic carbocycles. The number of hydrogen-bond acceptors (Lipinski definition) is 2. The quantitative estimate of drug-likeness (QED) is 0.675. The Balaban J connectivity index is 1.99. The first-order chi connectivity index (χ1) is 6.88. The maximum absolute atomic E-state index is 12.0. The summed E-state index contributed by atoms with van der Waals surface area (Å²) in [6.45, 7) is 1.82. The number of allylic oxidation sites excluding steroid dienone is 2. The summed E-state index contributed by atoms with van der Waals surface area (Å²) < 4.78 is 0. The van der Waals surface area contributed by atoms with Gasteiger partial charge in [-0.15, -0.1) is 0 Å². The zero-order valence-corrected chi connectivity index (χ0v) is 8.46. The van der Waals surface area contributed by atoms with E-state index in [1.54, 1.807) is 0 Å². The van der Waals surface area contributed by atoms with Gasteiger partial charge in [-0.3, -0.25) is 4.79 Å². The smallest absolute Gasteiger partial charge is 0.162 e. The minimum absolute atomic E-state index is 0.268. The molecular weight excluding hydrogens is 174 g/mol. The Hall–Kier alpha value is -0.890. The highest BCUT2D eigenvalue weighted by atomic mass is 16.1. The third kappa shape index (κ3) is 2.13. The molecule has 1 aliphatic carbocycles. The van der Waals surface area contributed by atoms with Gasteiger partial charge in [0.05, 0.1) is 0 Å². The van der Waals surface area contributed by atoms with Crippen LogP contribution in [0.4, 0.5) is 0 Å². The molecule has 0 amide bonds. The van der Waals surface area contributed by atoms with Crippen LogP contribution in [0.25, 0.3) is 0 Å². The second kappa shape index (κ2) is 4.56. The second-order valence-electron chi connectivity index (χ2n) is 4.03. The molecule has 2 rings (SSSR count). The average Bonchev–Trinajstić information content (AvgIpc) is 2.30. The number of carbonyl (C=O) groups is 1. The van der Waals surface area contributed by atoms with Gasteiger partial charge in [0, 0.05) is 12.5 Å². The highest BCUT2D eigenvalue weighted by Gasteiger charge is 2.22. The number of carbonyl (C=O) groups excluding carboxylic acids is 1. The maximum Gasteiger partial charge on any atom is 0.162 e. The van der Waals surface area contributed by atoms with E-state index in [2.05, 4.69) is 23.5 Å². The van der Waals surface area contributed by atoms with Crippen LogP contribution in [0.5, 0.6) is 0 Å².